The second kappa shape index (κ2) is 7.00. The molecule has 1 fully saturated rings. The minimum absolute atomic E-state index is 0.00708. The van der Waals surface area contributed by atoms with Gasteiger partial charge in [-0.25, -0.2) is 4.98 Å². The lowest BCUT2D eigenvalue weighted by Crippen LogP contribution is -2.58. The Kier molecular flexibility index (Phi) is 5.31. The molecule has 21 heavy (non-hydrogen) atoms. The lowest BCUT2D eigenvalue weighted by Gasteiger charge is -2.44. The van der Waals surface area contributed by atoms with Gasteiger partial charge < -0.3 is 10.0 Å². The van der Waals surface area contributed by atoms with Crippen LogP contribution in [0, 0.1) is 0 Å². The maximum atomic E-state index is 12.6. The zero-order valence-corrected chi connectivity index (χ0v) is 13.1. The van der Waals surface area contributed by atoms with Crippen molar-refractivity contribution in [3.63, 3.8) is 0 Å². The molecule has 0 saturated carbocycles. The van der Waals surface area contributed by atoms with Crippen LogP contribution in [0.3, 0.4) is 0 Å². The fourth-order valence-electron chi connectivity index (χ4n) is 3.04. The number of aliphatic hydroxyl groups excluding tert-OH is 1. The molecule has 0 bridgehead atoms. The Morgan fingerprint density at radius 2 is 2.00 bits per heavy atom. The zero-order valence-electron chi connectivity index (χ0n) is 13.1. The molecule has 1 amide bonds. The molecule has 0 spiro atoms. The van der Waals surface area contributed by atoms with Crippen LogP contribution in [0.2, 0.25) is 0 Å². The molecular weight excluding hydrogens is 266 g/mol. The third-order valence-electron chi connectivity index (χ3n) is 4.14. The maximum absolute atomic E-state index is 12.6. The normalized spacial score (nSPS) is 23.3. The fourth-order valence-corrected chi connectivity index (χ4v) is 3.04. The highest BCUT2D eigenvalue weighted by Crippen LogP contribution is 2.17. The molecule has 1 aromatic heterocycles. The standard InChI is InChI=1S/C16H25N3O2/c1-4-14-6-5-7-15(17-14)16(21)18-10-12(2)19(8-9-20)13(3)11-18/h5-7,12-13,20H,4,8-11H2,1-3H3/t12-,13+. The van der Waals surface area contributed by atoms with E-state index in [-0.39, 0.29) is 24.6 Å². The molecule has 0 aliphatic carbocycles. The van der Waals surface area contributed by atoms with Crippen LogP contribution < -0.4 is 0 Å². The number of hydrogen-bond donors (Lipinski definition) is 1. The summed E-state index contributed by atoms with van der Waals surface area (Å²) in [5, 5.41) is 9.13. The number of aromatic nitrogens is 1. The van der Waals surface area contributed by atoms with Crippen LogP contribution >= 0.6 is 0 Å². The van der Waals surface area contributed by atoms with Crippen molar-refractivity contribution in [3.8, 4) is 0 Å². The topological polar surface area (TPSA) is 56.7 Å². The van der Waals surface area contributed by atoms with Crippen LogP contribution in [-0.2, 0) is 6.42 Å². The molecule has 0 unspecified atom stereocenters. The Morgan fingerprint density at radius 3 is 2.57 bits per heavy atom. The van der Waals surface area contributed by atoms with E-state index in [4.69, 9.17) is 5.11 Å². The second-order valence-corrected chi connectivity index (χ2v) is 5.74. The molecule has 1 saturated heterocycles. The number of β-amino-alcohol motifs (C(OH)–C–C–N with tert-alkyl or cyclic N) is 1. The van der Waals surface area contributed by atoms with E-state index >= 15 is 0 Å². The number of aliphatic hydroxyl groups is 1. The van der Waals surface area contributed by atoms with Crippen molar-refractivity contribution in [2.45, 2.75) is 39.3 Å². The van der Waals surface area contributed by atoms with Gasteiger partial charge in [0.15, 0.2) is 0 Å². The first-order valence-corrected chi connectivity index (χ1v) is 7.68. The monoisotopic (exact) mass is 291 g/mol. The van der Waals surface area contributed by atoms with Gasteiger partial charge in [0.1, 0.15) is 5.69 Å². The number of rotatable bonds is 4. The quantitative estimate of drug-likeness (QED) is 0.905. The molecule has 2 heterocycles. The largest absolute Gasteiger partial charge is 0.395 e. The Bertz CT molecular complexity index is 480. The van der Waals surface area contributed by atoms with Gasteiger partial charge >= 0.3 is 0 Å². The predicted molar refractivity (Wildman–Crippen MR) is 82.2 cm³/mol. The Morgan fingerprint density at radius 1 is 1.33 bits per heavy atom. The van der Waals surface area contributed by atoms with Crippen molar-refractivity contribution in [1.82, 2.24) is 14.8 Å². The molecule has 0 radical (unpaired) electrons. The highest BCUT2D eigenvalue weighted by atomic mass is 16.3. The van der Waals surface area contributed by atoms with Crippen molar-refractivity contribution < 1.29 is 9.90 Å². The van der Waals surface area contributed by atoms with Crippen LogP contribution in [0.15, 0.2) is 18.2 Å². The molecule has 1 aliphatic rings. The molecule has 2 rings (SSSR count). The smallest absolute Gasteiger partial charge is 0.272 e. The Balaban J connectivity index is 2.10. The van der Waals surface area contributed by atoms with Gasteiger partial charge in [-0.15, -0.1) is 0 Å². The summed E-state index contributed by atoms with van der Waals surface area (Å²) < 4.78 is 0. The van der Waals surface area contributed by atoms with E-state index in [9.17, 15) is 4.79 Å². The molecule has 116 valence electrons. The van der Waals surface area contributed by atoms with E-state index in [2.05, 4.69) is 23.7 Å². The summed E-state index contributed by atoms with van der Waals surface area (Å²) in [5.41, 5.74) is 1.48. The average molecular weight is 291 g/mol. The number of aryl methyl sites for hydroxylation is 1. The van der Waals surface area contributed by atoms with Crippen LogP contribution in [-0.4, -0.2) is 64.1 Å². The number of hydrogen-bond acceptors (Lipinski definition) is 4. The first-order valence-electron chi connectivity index (χ1n) is 7.68. The molecule has 5 heteroatoms. The number of piperazine rings is 1. The predicted octanol–water partition coefficient (Wildman–Crippen LogP) is 1.17. The number of carbonyl (C=O) groups excluding carboxylic acids is 1. The molecule has 1 aliphatic heterocycles. The summed E-state index contributed by atoms with van der Waals surface area (Å²) in [6, 6.07) is 6.13. The van der Waals surface area contributed by atoms with Crippen molar-refractivity contribution >= 4 is 5.91 Å². The van der Waals surface area contributed by atoms with Crippen molar-refractivity contribution in [2.24, 2.45) is 0 Å². The lowest BCUT2D eigenvalue weighted by molar-refractivity contribution is 0.0233. The van der Waals surface area contributed by atoms with Gasteiger partial charge in [-0.1, -0.05) is 13.0 Å². The minimum Gasteiger partial charge on any atom is -0.395 e. The van der Waals surface area contributed by atoms with Crippen LogP contribution in [0.5, 0.6) is 0 Å². The van der Waals surface area contributed by atoms with E-state index in [1.54, 1.807) is 6.07 Å². The van der Waals surface area contributed by atoms with Crippen LogP contribution in [0.4, 0.5) is 0 Å². The Labute approximate surface area is 126 Å². The fraction of sp³-hybridized carbons (Fsp3) is 0.625. The van der Waals surface area contributed by atoms with Gasteiger partial charge in [0.2, 0.25) is 0 Å². The van der Waals surface area contributed by atoms with E-state index in [1.807, 2.05) is 24.0 Å². The average Bonchev–Trinajstić information content (AvgIpc) is 2.50. The molecule has 0 aromatic carbocycles. The highest BCUT2D eigenvalue weighted by Gasteiger charge is 2.32. The summed E-state index contributed by atoms with van der Waals surface area (Å²) in [7, 11) is 0. The van der Waals surface area contributed by atoms with Gasteiger partial charge in [-0.05, 0) is 32.4 Å². The van der Waals surface area contributed by atoms with Gasteiger partial charge in [0, 0.05) is 37.4 Å². The summed E-state index contributed by atoms with van der Waals surface area (Å²) in [5.74, 6) is 0.00708. The first kappa shape index (κ1) is 15.9. The second-order valence-electron chi connectivity index (χ2n) is 5.74. The zero-order chi connectivity index (χ0) is 15.4. The molecule has 2 atom stereocenters. The van der Waals surface area contributed by atoms with Crippen LogP contribution in [0.25, 0.3) is 0 Å². The number of carbonyl (C=O) groups is 1. The molecule has 1 aromatic rings. The van der Waals surface area contributed by atoms with Crippen molar-refractivity contribution in [3.05, 3.63) is 29.6 Å². The van der Waals surface area contributed by atoms with Crippen molar-refractivity contribution in [1.29, 1.82) is 0 Å². The third-order valence-corrected chi connectivity index (χ3v) is 4.14. The Hall–Kier alpha value is -1.46. The van der Waals surface area contributed by atoms with Crippen LogP contribution in [0.1, 0.15) is 37.0 Å². The van der Waals surface area contributed by atoms with E-state index in [1.165, 1.54) is 0 Å². The summed E-state index contributed by atoms with van der Waals surface area (Å²) in [4.78, 5) is 21.2. The maximum Gasteiger partial charge on any atom is 0.272 e. The van der Waals surface area contributed by atoms with E-state index in [0.29, 0.717) is 25.3 Å². The summed E-state index contributed by atoms with van der Waals surface area (Å²) in [6.07, 6.45) is 0.832. The third kappa shape index (κ3) is 3.60. The number of amides is 1. The van der Waals surface area contributed by atoms with Gasteiger partial charge in [0.05, 0.1) is 6.61 Å². The highest BCUT2D eigenvalue weighted by molar-refractivity contribution is 5.92. The van der Waals surface area contributed by atoms with Gasteiger partial charge in [-0.3, -0.25) is 9.69 Å². The van der Waals surface area contributed by atoms with E-state index in [0.717, 1.165) is 12.1 Å². The lowest BCUT2D eigenvalue weighted by atomic mass is 10.1. The molecule has 1 N–H and O–H groups in total. The number of nitrogens with zero attached hydrogens (tertiary/aromatic N) is 3. The summed E-state index contributed by atoms with van der Waals surface area (Å²) in [6.45, 7) is 8.41. The van der Waals surface area contributed by atoms with Crippen molar-refractivity contribution in [2.75, 3.05) is 26.2 Å². The van der Waals surface area contributed by atoms with Gasteiger partial charge in [0.25, 0.3) is 5.91 Å². The minimum atomic E-state index is 0.00708. The van der Waals surface area contributed by atoms with E-state index < -0.39 is 0 Å². The first-order chi connectivity index (χ1) is 10.1. The summed E-state index contributed by atoms with van der Waals surface area (Å²) >= 11 is 0. The molecular formula is C16H25N3O2. The molecule has 5 nitrogen and oxygen atoms in total. The number of pyridine rings is 1. The van der Waals surface area contributed by atoms with Gasteiger partial charge in [-0.2, -0.15) is 0 Å². The SMILES string of the molecule is CCc1cccc(C(=O)N2C[C@@H](C)N(CCO)[C@@H](C)C2)n1.